The maximum atomic E-state index is 12.9. The summed E-state index contributed by atoms with van der Waals surface area (Å²) in [4.78, 5) is 16.7. The van der Waals surface area contributed by atoms with Crippen molar-refractivity contribution in [1.82, 2.24) is 4.90 Å². The first-order valence-corrected chi connectivity index (χ1v) is 9.94. The summed E-state index contributed by atoms with van der Waals surface area (Å²) < 4.78 is 40.7. The fraction of sp³-hybridized carbons (Fsp3) is 0.227. The molecule has 2 heterocycles. The maximum absolute atomic E-state index is 12.9. The fourth-order valence-corrected chi connectivity index (χ4v) is 3.77. The van der Waals surface area contributed by atoms with Crippen LogP contribution in [0.4, 0.5) is 8.78 Å². The Labute approximate surface area is 177 Å². The van der Waals surface area contributed by atoms with Crippen LogP contribution in [-0.2, 0) is 17.9 Å². The number of nitrogens with zero attached hydrogens (tertiary/aromatic N) is 1. The molecule has 158 valence electrons. The average Bonchev–Trinajstić information content (AvgIpc) is 3.37. The van der Waals surface area contributed by atoms with Gasteiger partial charge in [-0.1, -0.05) is 12.1 Å². The number of carbonyl (C=O) groups excluding carboxylic acids is 1. The number of rotatable bonds is 9. The van der Waals surface area contributed by atoms with E-state index in [0.29, 0.717) is 17.9 Å². The van der Waals surface area contributed by atoms with Crippen molar-refractivity contribution in [3.63, 3.8) is 0 Å². The van der Waals surface area contributed by atoms with Gasteiger partial charge >= 0.3 is 6.61 Å². The van der Waals surface area contributed by atoms with Gasteiger partial charge in [0, 0.05) is 21.4 Å². The maximum Gasteiger partial charge on any atom is 0.387 e. The van der Waals surface area contributed by atoms with Crippen LogP contribution >= 0.6 is 11.3 Å². The monoisotopic (exact) mass is 433 g/mol. The molecule has 3 aromatic rings. The summed E-state index contributed by atoms with van der Waals surface area (Å²) >= 11 is 1.61. The smallest absolute Gasteiger partial charge is 0.387 e. The lowest BCUT2D eigenvalue weighted by Gasteiger charge is -2.19. The predicted octanol–water partition coefficient (Wildman–Crippen LogP) is 5.50. The van der Waals surface area contributed by atoms with Gasteiger partial charge in [0.15, 0.2) is 11.5 Å². The molecule has 1 aromatic carbocycles. The lowest BCUT2D eigenvalue weighted by atomic mass is 10.1. The number of aryl methyl sites for hydroxylation is 1. The Bertz CT molecular complexity index is 998. The molecule has 0 unspecified atom stereocenters. The lowest BCUT2D eigenvalue weighted by molar-refractivity contribution is -0.127. The van der Waals surface area contributed by atoms with Crippen LogP contribution in [0, 0.1) is 6.92 Å². The van der Waals surface area contributed by atoms with Gasteiger partial charge in [0.1, 0.15) is 5.76 Å². The van der Waals surface area contributed by atoms with Crippen LogP contribution in [0.5, 0.6) is 11.5 Å². The van der Waals surface area contributed by atoms with Gasteiger partial charge < -0.3 is 18.8 Å². The Kier molecular flexibility index (Phi) is 7.24. The Balaban J connectivity index is 1.83. The van der Waals surface area contributed by atoms with Crippen molar-refractivity contribution in [1.29, 1.82) is 0 Å². The minimum Gasteiger partial charge on any atom is -0.493 e. The van der Waals surface area contributed by atoms with Gasteiger partial charge in [0.25, 0.3) is 0 Å². The molecule has 0 saturated heterocycles. The third-order valence-corrected chi connectivity index (χ3v) is 5.21. The zero-order valence-corrected chi connectivity index (χ0v) is 17.3. The molecule has 5 nitrogen and oxygen atoms in total. The van der Waals surface area contributed by atoms with Crippen LogP contribution in [0.2, 0.25) is 0 Å². The van der Waals surface area contributed by atoms with E-state index < -0.39 is 6.61 Å². The van der Waals surface area contributed by atoms with Crippen molar-refractivity contribution in [2.24, 2.45) is 0 Å². The molecule has 30 heavy (non-hydrogen) atoms. The number of halogens is 2. The normalized spacial score (nSPS) is 11.2. The van der Waals surface area contributed by atoms with E-state index in [9.17, 15) is 13.6 Å². The van der Waals surface area contributed by atoms with Crippen molar-refractivity contribution >= 4 is 23.3 Å². The Morgan fingerprint density at radius 2 is 2.03 bits per heavy atom. The molecule has 3 rings (SSSR count). The van der Waals surface area contributed by atoms with Crippen molar-refractivity contribution < 1.29 is 27.5 Å². The predicted molar refractivity (Wildman–Crippen MR) is 111 cm³/mol. The van der Waals surface area contributed by atoms with Crippen molar-refractivity contribution in [3.05, 3.63) is 75.9 Å². The van der Waals surface area contributed by atoms with Crippen LogP contribution in [-0.4, -0.2) is 24.5 Å². The van der Waals surface area contributed by atoms with Crippen LogP contribution in [0.1, 0.15) is 21.1 Å². The summed E-state index contributed by atoms with van der Waals surface area (Å²) in [7, 11) is 1.36. The molecule has 0 spiro atoms. The van der Waals surface area contributed by atoms with Gasteiger partial charge in [0.05, 0.1) is 26.5 Å². The molecule has 1 amide bonds. The molecule has 0 bridgehead atoms. The summed E-state index contributed by atoms with van der Waals surface area (Å²) in [5.74, 6) is 0.397. The molecular formula is C22H21F2NO4S. The highest BCUT2D eigenvalue weighted by atomic mass is 32.1. The standard InChI is InChI=1S/C22H21F2NO4S/c1-15-8-10-18(30-15)14-25(13-17-6-4-12-28-17)20(26)11-9-16-5-3-7-19(27-2)21(16)29-22(23)24/h3-12,22H,13-14H2,1-2H3/b11-9+. The molecule has 0 saturated carbocycles. The topological polar surface area (TPSA) is 51.9 Å². The fourth-order valence-electron chi connectivity index (χ4n) is 2.87. The van der Waals surface area contributed by atoms with E-state index in [-0.39, 0.29) is 24.0 Å². The zero-order valence-electron chi connectivity index (χ0n) is 16.5. The lowest BCUT2D eigenvalue weighted by Crippen LogP contribution is -2.28. The Morgan fingerprint density at radius 3 is 2.67 bits per heavy atom. The molecule has 0 atom stereocenters. The highest BCUT2D eigenvalue weighted by molar-refractivity contribution is 7.11. The van der Waals surface area contributed by atoms with Crippen LogP contribution in [0.25, 0.3) is 6.08 Å². The largest absolute Gasteiger partial charge is 0.493 e. The van der Waals surface area contributed by atoms with Gasteiger partial charge in [0.2, 0.25) is 5.91 Å². The second kappa shape index (κ2) is 10.1. The summed E-state index contributed by atoms with van der Waals surface area (Å²) in [5.41, 5.74) is 0.313. The van der Waals surface area contributed by atoms with E-state index in [1.807, 2.05) is 19.1 Å². The van der Waals surface area contributed by atoms with Crippen LogP contribution in [0.15, 0.2) is 59.2 Å². The van der Waals surface area contributed by atoms with Crippen LogP contribution in [0.3, 0.4) is 0 Å². The number of amides is 1. The molecule has 0 aliphatic heterocycles. The Hall–Kier alpha value is -3.13. The SMILES string of the molecule is COc1cccc(/C=C/C(=O)N(Cc2ccco2)Cc2ccc(C)s2)c1OC(F)F. The Morgan fingerprint density at radius 1 is 1.20 bits per heavy atom. The first-order chi connectivity index (χ1) is 14.5. The first-order valence-electron chi connectivity index (χ1n) is 9.12. The number of thiophene rings is 1. The van der Waals surface area contributed by atoms with Crippen molar-refractivity contribution in [2.45, 2.75) is 26.6 Å². The van der Waals surface area contributed by atoms with E-state index in [1.54, 1.807) is 46.8 Å². The quantitative estimate of drug-likeness (QED) is 0.418. The van der Waals surface area contributed by atoms with E-state index in [0.717, 1.165) is 9.75 Å². The van der Waals surface area contributed by atoms with Gasteiger partial charge in [-0.3, -0.25) is 4.79 Å². The summed E-state index contributed by atoms with van der Waals surface area (Å²) in [5, 5.41) is 0. The number of alkyl halides is 2. The second-order valence-electron chi connectivity index (χ2n) is 6.38. The molecule has 0 fully saturated rings. The average molecular weight is 433 g/mol. The zero-order chi connectivity index (χ0) is 21.5. The van der Waals surface area contributed by atoms with Gasteiger partial charge in [-0.25, -0.2) is 0 Å². The molecular weight excluding hydrogens is 412 g/mol. The van der Waals surface area contributed by atoms with Crippen molar-refractivity contribution in [3.8, 4) is 11.5 Å². The number of para-hydroxylation sites is 1. The van der Waals surface area contributed by atoms with E-state index in [2.05, 4.69) is 4.74 Å². The number of methoxy groups -OCH3 is 1. The third kappa shape index (κ3) is 5.70. The highest BCUT2D eigenvalue weighted by Crippen LogP contribution is 2.33. The number of hydrogen-bond donors (Lipinski definition) is 0. The number of hydrogen-bond acceptors (Lipinski definition) is 5. The summed E-state index contributed by atoms with van der Waals surface area (Å²) in [6, 6.07) is 12.2. The minimum atomic E-state index is -3.01. The van der Waals surface area contributed by atoms with E-state index in [4.69, 9.17) is 9.15 Å². The number of carbonyl (C=O) groups is 1. The highest BCUT2D eigenvalue weighted by Gasteiger charge is 2.17. The van der Waals surface area contributed by atoms with Gasteiger partial charge in [-0.05, 0) is 43.3 Å². The first kappa shape index (κ1) is 21.6. The summed E-state index contributed by atoms with van der Waals surface area (Å²) in [6.07, 6.45) is 4.32. The summed E-state index contributed by atoms with van der Waals surface area (Å²) in [6.45, 7) is -0.325. The molecule has 2 aromatic heterocycles. The second-order valence-corrected chi connectivity index (χ2v) is 7.75. The van der Waals surface area contributed by atoms with Crippen LogP contribution < -0.4 is 9.47 Å². The van der Waals surface area contributed by atoms with Crippen molar-refractivity contribution in [2.75, 3.05) is 7.11 Å². The number of ether oxygens (including phenoxy) is 2. The number of benzene rings is 1. The molecule has 0 radical (unpaired) electrons. The molecule has 0 aliphatic carbocycles. The molecule has 8 heteroatoms. The van der Waals surface area contributed by atoms with E-state index in [1.165, 1.54) is 25.3 Å². The van der Waals surface area contributed by atoms with E-state index >= 15 is 0 Å². The van der Waals surface area contributed by atoms with Gasteiger partial charge in [-0.2, -0.15) is 8.78 Å². The third-order valence-electron chi connectivity index (χ3n) is 4.22. The number of furan rings is 1. The molecule has 0 aliphatic rings. The van der Waals surface area contributed by atoms with Gasteiger partial charge in [-0.15, -0.1) is 11.3 Å². The molecule has 0 N–H and O–H groups in total. The minimum absolute atomic E-state index is 0.120.